The van der Waals surface area contributed by atoms with E-state index in [1.165, 1.54) is 22.8 Å². The van der Waals surface area contributed by atoms with Crippen LogP contribution in [0.3, 0.4) is 0 Å². The Bertz CT molecular complexity index is 295. The highest BCUT2D eigenvalue weighted by molar-refractivity contribution is 14.1. The van der Waals surface area contributed by atoms with Gasteiger partial charge in [-0.05, 0) is 41.9 Å². The van der Waals surface area contributed by atoms with Gasteiger partial charge in [0.2, 0.25) is 0 Å². The number of hydrogen-bond donors (Lipinski definition) is 0. The molecule has 0 bridgehead atoms. The third-order valence-electron chi connectivity index (χ3n) is 2.16. The van der Waals surface area contributed by atoms with Crippen molar-refractivity contribution >= 4 is 22.6 Å². The zero-order valence-electron chi connectivity index (χ0n) is 6.83. The molecule has 0 aromatic carbocycles. The topological polar surface area (TPSA) is 17.8 Å². The monoisotopic (exact) mass is 274 g/mol. The zero-order valence-corrected chi connectivity index (χ0v) is 8.99. The predicted molar refractivity (Wildman–Crippen MR) is 56.9 cm³/mol. The molecule has 1 saturated carbocycles. The maximum Gasteiger partial charge on any atom is 0.0623 e. The van der Waals surface area contributed by atoms with E-state index in [9.17, 15) is 0 Å². The Kier molecular flexibility index (Phi) is 2.48. The quantitative estimate of drug-likeness (QED) is 0.598. The molecule has 0 N–H and O–H groups in total. The molecule has 0 unspecified atom stereocenters. The Labute approximate surface area is 85.8 Å². The van der Waals surface area contributed by atoms with E-state index in [2.05, 4.69) is 40.0 Å². The summed E-state index contributed by atoms with van der Waals surface area (Å²) in [5, 5.41) is 4.21. The number of rotatable bonds is 2. The number of allylic oxidation sites excluding steroid dienone is 2. The molecule has 0 spiro atoms. The summed E-state index contributed by atoms with van der Waals surface area (Å²) in [5.41, 5.74) is 1.60. The largest absolute Gasteiger partial charge is 0.268 e. The van der Waals surface area contributed by atoms with E-state index in [0.29, 0.717) is 0 Å². The van der Waals surface area contributed by atoms with Crippen LogP contribution in [0.2, 0.25) is 0 Å². The van der Waals surface area contributed by atoms with Crippen molar-refractivity contribution in [1.29, 1.82) is 0 Å². The summed E-state index contributed by atoms with van der Waals surface area (Å²) in [7, 11) is 0. The smallest absolute Gasteiger partial charge is 0.0623 e. The first kappa shape index (κ1) is 8.29. The lowest BCUT2D eigenvalue weighted by atomic mass is 9.92. The second-order valence-electron chi connectivity index (χ2n) is 3.10. The highest BCUT2D eigenvalue weighted by Gasteiger charge is 2.06. The SMILES string of the molecule is Ic1cnn(CC=C2CCC2)c1. The molecule has 2 rings (SSSR count). The lowest BCUT2D eigenvalue weighted by Gasteiger charge is -2.15. The van der Waals surface area contributed by atoms with Crippen LogP contribution in [-0.2, 0) is 6.54 Å². The Hall–Kier alpha value is -0.320. The summed E-state index contributed by atoms with van der Waals surface area (Å²) in [6.07, 6.45) is 10.2. The lowest BCUT2D eigenvalue weighted by molar-refractivity contribution is 0.633. The number of nitrogens with zero attached hydrogens (tertiary/aromatic N) is 2. The third-order valence-corrected chi connectivity index (χ3v) is 2.72. The average molecular weight is 274 g/mol. The van der Waals surface area contributed by atoms with E-state index in [4.69, 9.17) is 0 Å². The first-order chi connectivity index (χ1) is 5.84. The molecule has 0 aliphatic heterocycles. The van der Waals surface area contributed by atoms with Gasteiger partial charge in [-0.2, -0.15) is 5.10 Å². The Morgan fingerprint density at radius 1 is 1.58 bits per heavy atom. The van der Waals surface area contributed by atoms with Gasteiger partial charge in [0.15, 0.2) is 0 Å². The van der Waals surface area contributed by atoms with Crippen LogP contribution in [0, 0.1) is 3.57 Å². The van der Waals surface area contributed by atoms with Crippen LogP contribution in [0.4, 0.5) is 0 Å². The maximum atomic E-state index is 4.21. The van der Waals surface area contributed by atoms with Gasteiger partial charge in [-0.3, -0.25) is 4.68 Å². The van der Waals surface area contributed by atoms with Gasteiger partial charge < -0.3 is 0 Å². The zero-order chi connectivity index (χ0) is 8.39. The van der Waals surface area contributed by atoms with Crippen LogP contribution in [0.5, 0.6) is 0 Å². The molecule has 1 aromatic heterocycles. The first-order valence-corrected chi connectivity index (χ1v) is 5.28. The third kappa shape index (κ3) is 1.88. The molecule has 0 saturated heterocycles. The molecule has 1 fully saturated rings. The number of aromatic nitrogens is 2. The molecule has 1 aliphatic carbocycles. The summed E-state index contributed by atoms with van der Waals surface area (Å²) >= 11 is 2.28. The molecule has 1 heterocycles. The molecule has 0 radical (unpaired) electrons. The van der Waals surface area contributed by atoms with E-state index in [1.807, 2.05) is 10.9 Å². The summed E-state index contributed by atoms with van der Waals surface area (Å²) in [4.78, 5) is 0. The molecule has 0 atom stereocenters. The van der Waals surface area contributed by atoms with Crippen molar-refractivity contribution < 1.29 is 0 Å². The summed E-state index contributed by atoms with van der Waals surface area (Å²) in [5.74, 6) is 0. The van der Waals surface area contributed by atoms with Crippen molar-refractivity contribution in [3.8, 4) is 0 Å². The summed E-state index contributed by atoms with van der Waals surface area (Å²) in [6.45, 7) is 0.943. The molecule has 3 heteroatoms. The minimum absolute atomic E-state index is 0.943. The molecule has 2 nitrogen and oxygen atoms in total. The Morgan fingerprint density at radius 3 is 2.92 bits per heavy atom. The second kappa shape index (κ2) is 3.60. The van der Waals surface area contributed by atoms with Gasteiger partial charge in [-0.15, -0.1) is 0 Å². The van der Waals surface area contributed by atoms with Crippen molar-refractivity contribution in [2.45, 2.75) is 25.8 Å². The molecule has 0 amide bonds. The minimum atomic E-state index is 0.943. The van der Waals surface area contributed by atoms with Crippen molar-refractivity contribution in [2.75, 3.05) is 0 Å². The van der Waals surface area contributed by atoms with Crippen LogP contribution in [0.1, 0.15) is 19.3 Å². The van der Waals surface area contributed by atoms with Crippen LogP contribution in [0.25, 0.3) is 0 Å². The van der Waals surface area contributed by atoms with Gasteiger partial charge in [0.05, 0.1) is 16.3 Å². The molecule has 64 valence electrons. The first-order valence-electron chi connectivity index (χ1n) is 4.20. The molecular formula is C9H11IN2. The van der Waals surface area contributed by atoms with E-state index >= 15 is 0 Å². The van der Waals surface area contributed by atoms with E-state index in [-0.39, 0.29) is 0 Å². The van der Waals surface area contributed by atoms with Crippen molar-refractivity contribution in [3.05, 3.63) is 27.6 Å². The summed E-state index contributed by atoms with van der Waals surface area (Å²) in [6, 6.07) is 0. The van der Waals surface area contributed by atoms with Crippen LogP contribution >= 0.6 is 22.6 Å². The highest BCUT2D eigenvalue weighted by Crippen LogP contribution is 2.24. The van der Waals surface area contributed by atoms with Crippen LogP contribution < -0.4 is 0 Å². The number of halogens is 1. The fraction of sp³-hybridized carbons (Fsp3) is 0.444. The van der Waals surface area contributed by atoms with Crippen LogP contribution in [-0.4, -0.2) is 9.78 Å². The van der Waals surface area contributed by atoms with Crippen LogP contribution in [0.15, 0.2) is 24.0 Å². The Morgan fingerprint density at radius 2 is 2.42 bits per heavy atom. The van der Waals surface area contributed by atoms with Gasteiger partial charge in [0.1, 0.15) is 0 Å². The van der Waals surface area contributed by atoms with Gasteiger partial charge in [-0.25, -0.2) is 0 Å². The molecular weight excluding hydrogens is 263 g/mol. The molecule has 12 heavy (non-hydrogen) atoms. The fourth-order valence-electron chi connectivity index (χ4n) is 1.25. The minimum Gasteiger partial charge on any atom is -0.268 e. The van der Waals surface area contributed by atoms with Crippen molar-refractivity contribution in [1.82, 2.24) is 9.78 Å². The Balaban J connectivity index is 1.95. The van der Waals surface area contributed by atoms with Crippen molar-refractivity contribution in [2.24, 2.45) is 0 Å². The van der Waals surface area contributed by atoms with Gasteiger partial charge in [0, 0.05) is 6.20 Å². The average Bonchev–Trinajstić information content (AvgIpc) is 2.32. The maximum absolute atomic E-state index is 4.21. The predicted octanol–water partition coefficient (Wildman–Crippen LogP) is 2.60. The highest BCUT2D eigenvalue weighted by atomic mass is 127. The second-order valence-corrected chi connectivity index (χ2v) is 4.34. The van der Waals surface area contributed by atoms with E-state index < -0.39 is 0 Å². The molecule has 1 aliphatic rings. The van der Waals surface area contributed by atoms with E-state index in [1.54, 1.807) is 5.57 Å². The van der Waals surface area contributed by atoms with Gasteiger partial charge in [-0.1, -0.05) is 11.6 Å². The van der Waals surface area contributed by atoms with Crippen molar-refractivity contribution in [3.63, 3.8) is 0 Å². The fourth-order valence-corrected chi connectivity index (χ4v) is 1.69. The van der Waals surface area contributed by atoms with Gasteiger partial charge >= 0.3 is 0 Å². The summed E-state index contributed by atoms with van der Waals surface area (Å²) < 4.78 is 3.19. The lowest BCUT2D eigenvalue weighted by Crippen LogP contribution is -2.01. The number of hydrogen-bond acceptors (Lipinski definition) is 1. The van der Waals surface area contributed by atoms with Gasteiger partial charge in [0.25, 0.3) is 0 Å². The normalized spacial score (nSPS) is 15.9. The standard InChI is InChI=1S/C9H11IN2/c10-9-6-11-12(7-9)5-4-8-2-1-3-8/h4,6-7H,1-3,5H2. The molecule has 1 aromatic rings. The van der Waals surface area contributed by atoms with E-state index in [0.717, 1.165) is 6.54 Å².